The highest BCUT2D eigenvalue weighted by Crippen LogP contribution is 2.33. The fourth-order valence-electron chi connectivity index (χ4n) is 3.29. The van der Waals surface area contributed by atoms with Crippen LogP contribution in [0.25, 0.3) is 0 Å². The van der Waals surface area contributed by atoms with E-state index in [1.165, 1.54) is 32.1 Å². The molecule has 0 amide bonds. The first kappa shape index (κ1) is 19.3. The summed E-state index contributed by atoms with van der Waals surface area (Å²) in [6, 6.07) is 8.44. The first-order valence-corrected chi connectivity index (χ1v) is 10.7. The molecule has 0 bridgehead atoms. The summed E-state index contributed by atoms with van der Waals surface area (Å²) in [7, 11) is 1.68. The van der Waals surface area contributed by atoms with Crippen LogP contribution in [0, 0.1) is 0 Å². The Labute approximate surface area is 167 Å². The number of nitrogens with one attached hydrogen (secondary N) is 1. The van der Waals surface area contributed by atoms with Crippen LogP contribution in [0.2, 0.25) is 0 Å². The monoisotopic (exact) mass is 436 g/mol. The molecular formula is C19H25BrN4OS. The summed E-state index contributed by atoms with van der Waals surface area (Å²) in [5, 5.41) is 13.4. The maximum Gasteiger partial charge on any atom is 0.191 e. The van der Waals surface area contributed by atoms with Gasteiger partial charge in [0.2, 0.25) is 0 Å². The van der Waals surface area contributed by atoms with Crippen molar-refractivity contribution in [2.45, 2.75) is 49.8 Å². The second kappa shape index (κ2) is 9.46. The van der Waals surface area contributed by atoms with Gasteiger partial charge in [0.05, 0.1) is 13.7 Å². The van der Waals surface area contributed by atoms with Gasteiger partial charge in [-0.25, -0.2) is 0 Å². The molecule has 26 heavy (non-hydrogen) atoms. The Kier molecular flexibility index (Phi) is 7.02. The number of benzene rings is 1. The van der Waals surface area contributed by atoms with E-state index in [1.807, 2.05) is 24.3 Å². The van der Waals surface area contributed by atoms with Crippen molar-refractivity contribution in [2.24, 2.45) is 0 Å². The molecular weight excluding hydrogens is 412 g/mol. The summed E-state index contributed by atoms with van der Waals surface area (Å²) in [6.07, 6.45) is 6.29. The van der Waals surface area contributed by atoms with Crippen molar-refractivity contribution in [3.63, 3.8) is 0 Å². The highest BCUT2D eigenvalue weighted by atomic mass is 79.9. The van der Waals surface area contributed by atoms with Crippen LogP contribution in [-0.4, -0.2) is 27.6 Å². The molecule has 0 aliphatic heterocycles. The third-order valence-corrected chi connectivity index (χ3v) is 6.23. The number of rotatable bonds is 8. The second-order valence-corrected chi connectivity index (χ2v) is 8.52. The number of aromatic nitrogens is 3. The molecule has 5 nitrogen and oxygen atoms in total. The number of halogens is 1. The quantitative estimate of drug-likeness (QED) is 0.560. The van der Waals surface area contributed by atoms with Crippen LogP contribution in [0.5, 0.6) is 5.75 Å². The van der Waals surface area contributed by atoms with Gasteiger partial charge >= 0.3 is 0 Å². The van der Waals surface area contributed by atoms with Crippen molar-refractivity contribution < 1.29 is 4.74 Å². The fourth-order valence-corrected chi connectivity index (χ4v) is 4.41. The molecule has 2 aromatic rings. The van der Waals surface area contributed by atoms with Crippen LogP contribution in [0.3, 0.4) is 0 Å². The van der Waals surface area contributed by atoms with Crippen molar-refractivity contribution in [1.29, 1.82) is 0 Å². The lowest BCUT2D eigenvalue weighted by Crippen LogP contribution is -2.18. The molecule has 0 spiro atoms. The van der Waals surface area contributed by atoms with Crippen molar-refractivity contribution in [3.05, 3.63) is 41.2 Å². The molecule has 1 saturated carbocycles. The Morgan fingerprint density at radius 2 is 2.15 bits per heavy atom. The standard InChI is InChI=1S/C19H25BrN4OS/c1-14(20)13-26-19-23-22-18(24(19)16-8-4-3-5-9-16)12-21-15-7-6-10-17(11-15)25-2/h6-7,10-11,16,21H,1,3-5,8-9,12-13H2,2H3. The van der Waals surface area contributed by atoms with E-state index in [9.17, 15) is 0 Å². The average Bonchev–Trinajstić information content (AvgIpc) is 3.08. The van der Waals surface area contributed by atoms with Crippen LogP contribution >= 0.6 is 27.7 Å². The SMILES string of the molecule is C=C(Br)CSc1nnc(CNc2cccc(OC)c2)n1C1CCCCC1. The van der Waals surface area contributed by atoms with Crippen LogP contribution < -0.4 is 10.1 Å². The molecule has 0 atom stereocenters. The van der Waals surface area contributed by atoms with Crippen molar-refractivity contribution >= 4 is 33.4 Å². The first-order valence-electron chi connectivity index (χ1n) is 8.95. The number of thioether (sulfide) groups is 1. The molecule has 1 aliphatic rings. The molecule has 1 N–H and O–H groups in total. The molecule has 140 valence electrons. The molecule has 0 unspecified atom stereocenters. The molecule has 0 saturated heterocycles. The Bertz CT molecular complexity index is 743. The molecule has 1 fully saturated rings. The van der Waals surface area contributed by atoms with Gasteiger partial charge in [-0.15, -0.1) is 10.2 Å². The zero-order chi connectivity index (χ0) is 18.4. The van der Waals surface area contributed by atoms with Gasteiger partial charge in [-0.05, 0) is 29.5 Å². The Hall–Kier alpha value is -1.47. The molecule has 7 heteroatoms. The van der Waals surface area contributed by atoms with Gasteiger partial charge in [-0.3, -0.25) is 0 Å². The predicted octanol–water partition coefficient (Wildman–Crippen LogP) is 5.40. The minimum absolute atomic E-state index is 0.493. The maximum absolute atomic E-state index is 5.30. The minimum Gasteiger partial charge on any atom is -0.497 e. The van der Waals surface area contributed by atoms with E-state index in [-0.39, 0.29) is 0 Å². The van der Waals surface area contributed by atoms with Gasteiger partial charge in [0.1, 0.15) is 5.75 Å². The van der Waals surface area contributed by atoms with E-state index >= 15 is 0 Å². The van der Waals surface area contributed by atoms with E-state index in [1.54, 1.807) is 18.9 Å². The number of nitrogens with zero attached hydrogens (tertiary/aromatic N) is 3. The summed E-state index contributed by atoms with van der Waals surface area (Å²) in [6.45, 7) is 4.57. The van der Waals surface area contributed by atoms with Gasteiger partial charge in [0.25, 0.3) is 0 Å². The summed E-state index contributed by atoms with van der Waals surface area (Å²) in [4.78, 5) is 0. The number of ether oxygens (including phenoxy) is 1. The van der Waals surface area contributed by atoms with E-state index in [0.29, 0.717) is 12.6 Å². The fraction of sp³-hybridized carbons (Fsp3) is 0.474. The molecule has 1 aliphatic carbocycles. The molecule has 1 aromatic carbocycles. The van der Waals surface area contributed by atoms with Crippen molar-refractivity contribution in [3.8, 4) is 5.75 Å². The van der Waals surface area contributed by atoms with Crippen molar-refractivity contribution in [2.75, 3.05) is 18.2 Å². The van der Waals surface area contributed by atoms with Crippen LogP contribution in [-0.2, 0) is 6.54 Å². The zero-order valence-electron chi connectivity index (χ0n) is 15.1. The lowest BCUT2D eigenvalue weighted by Gasteiger charge is -2.25. The minimum atomic E-state index is 0.493. The van der Waals surface area contributed by atoms with E-state index < -0.39 is 0 Å². The van der Waals surface area contributed by atoms with Gasteiger partial charge in [-0.1, -0.05) is 59.6 Å². The number of methoxy groups -OCH3 is 1. The van der Waals surface area contributed by atoms with Gasteiger partial charge in [0.15, 0.2) is 11.0 Å². The normalized spacial score (nSPS) is 15.0. The second-order valence-electron chi connectivity index (χ2n) is 6.45. The summed E-state index contributed by atoms with van der Waals surface area (Å²) >= 11 is 5.13. The molecule has 0 radical (unpaired) electrons. The first-order chi connectivity index (χ1) is 12.7. The van der Waals surface area contributed by atoms with Crippen LogP contribution in [0.4, 0.5) is 5.69 Å². The number of anilines is 1. The van der Waals surface area contributed by atoms with Crippen LogP contribution in [0.1, 0.15) is 44.0 Å². The number of hydrogen-bond acceptors (Lipinski definition) is 5. The Morgan fingerprint density at radius 1 is 1.35 bits per heavy atom. The highest BCUT2D eigenvalue weighted by molar-refractivity contribution is 9.11. The highest BCUT2D eigenvalue weighted by Gasteiger charge is 2.23. The Balaban J connectivity index is 1.77. The Morgan fingerprint density at radius 3 is 2.88 bits per heavy atom. The van der Waals surface area contributed by atoms with Gasteiger partial charge < -0.3 is 14.6 Å². The lowest BCUT2D eigenvalue weighted by molar-refractivity contribution is 0.330. The zero-order valence-corrected chi connectivity index (χ0v) is 17.5. The smallest absolute Gasteiger partial charge is 0.191 e. The van der Waals surface area contributed by atoms with Gasteiger partial charge in [-0.2, -0.15) is 0 Å². The summed E-state index contributed by atoms with van der Waals surface area (Å²) in [5.41, 5.74) is 1.02. The summed E-state index contributed by atoms with van der Waals surface area (Å²) < 4.78 is 8.60. The largest absolute Gasteiger partial charge is 0.497 e. The lowest BCUT2D eigenvalue weighted by atomic mass is 9.95. The third-order valence-electron chi connectivity index (χ3n) is 4.55. The average molecular weight is 437 g/mol. The van der Waals surface area contributed by atoms with E-state index in [2.05, 4.69) is 42.6 Å². The van der Waals surface area contributed by atoms with Crippen LogP contribution in [0.15, 0.2) is 40.5 Å². The topological polar surface area (TPSA) is 52.0 Å². The molecule has 3 rings (SSSR count). The van der Waals surface area contributed by atoms with Crippen molar-refractivity contribution in [1.82, 2.24) is 14.8 Å². The predicted molar refractivity (Wildman–Crippen MR) is 111 cm³/mol. The molecule has 1 aromatic heterocycles. The van der Waals surface area contributed by atoms with E-state index in [4.69, 9.17) is 4.74 Å². The maximum atomic E-state index is 5.30. The summed E-state index contributed by atoms with van der Waals surface area (Å²) in [5.74, 6) is 2.63. The third kappa shape index (κ3) is 5.04. The van der Waals surface area contributed by atoms with E-state index in [0.717, 1.165) is 32.7 Å². The molecule has 1 heterocycles. The van der Waals surface area contributed by atoms with Gasteiger partial charge in [0, 0.05) is 23.5 Å². The number of hydrogen-bond donors (Lipinski definition) is 1.